The van der Waals surface area contributed by atoms with Gasteiger partial charge in [0.05, 0.1) is 13.1 Å². The van der Waals surface area contributed by atoms with E-state index in [0.29, 0.717) is 24.3 Å². The molecule has 0 radical (unpaired) electrons. The molecule has 92 valence electrons. The van der Waals surface area contributed by atoms with E-state index < -0.39 is 0 Å². The summed E-state index contributed by atoms with van der Waals surface area (Å²) < 4.78 is 0. The van der Waals surface area contributed by atoms with Crippen LogP contribution in [0.15, 0.2) is 0 Å². The van der Waals surface area contributed by atoms with Crippen molar-refractivity contribution < 1.29 is 9.59 Å². The fourth-order valence-corrected chi connectivity index (χ4v) is 2.22. The van der Waals surface area contributed by atoms with E-state index in [0.717, 1.165) is 0 Å². The summed E-state index contributed by atoms with van der Waals surface area (Å²) in [5, 5.41) is 2.56. The van der Waals surface area contributed by atoms with Crippen LogP contribution in [-0.4, -0.2) is 36.3 Å². The summed E-state index contributed by atoms with van der Waals surface area (Å²) in [6.45, 7) is 9.73. The molecule has 0 unspecified atom stereocenters. The average molecular weight is 226 g/mol. The van der Waals surface area contributed by atoms with Crippen LogP contribution in [0, 0.1) is 17.8 Å². The SMILES string of the molecule is CC(C)C(CN1CC(=O)NCC1=O)C(C)C. The third-order valence-corrected chi connectivity index (χ3v) is 3.27. The smallest absolute Gasteiger partial charge is 0.242 e. The van der Waals surface area contributed by atoms with Gasteiger partial charge in [-0.25, -0.2) is 0 Å². The van der Waals surface area contributed by atoms with Crippen molar-refractivity contribution in [3.05, 3.63) is 0 Å². The van der Waals surface area contributed by atoms with Gasteiger partial charge in [-0.1, -0.05) is 27.7 Å². The summed E-state index contributed by atoms with van der Waals surface area (Å²) in [6, 6.07) is 0. The molecule has 1 heterocycles. The molecule has 2 amide bonds. The minimum Gasteiger partial charge on any atom is -0.345 e. The minimum absolute atomic E-state index is 0.0332. The van der Waals surface area contributed by atoms with Crippen LogP contribution in [0.1, 0.15) is 27.7 Å². The van der Waals surface area contributed by atoms with Gasteiger partial charge in [-0.3, -0.25) is 9.59 Å². The molecule has 16 heavy (non-hydrogen) atoms. The van der Waals surface area contributed by atoms with Crippen molar-refractivity contribution in [3.63, 3.8) is 0 Å². The van der Waals surface area contributed by atoms with Crippen LogP contribution >= 0.6 is 0 Å². The molecule has 0 bridgehead atoms. The number of rotatable bonds is 4. The predicted octanol–water partition coefficient (Wildman–Crippen LogP) is 0.873. The Balaban J connectivity index is 2.62. The van der Waals surface area contributed by atoms with Gasteiger partial charge in [-0.2, -0.15) is 0 Å². The van der Waals surface area contributed by atoms with E-state index in [-0.39, 0.29) is 24.9 Å². The van der Waals surface area contributed by atoms with Crippen molar-refractivity contribution >= 4 is 11.8 Å². The van der Waals surface area contributed by atoms with Crippen LogP contribution in [0.25, 0.3) is 0 Å². The molecule has 0 aliphatic carbocycles. The second-order valence-electron chi connectivity index (χ2n) is 5.20. The summed E-state index contributed by atoms with van der Waals surface area (Å²) in [5.41, 5.74) is 0. The fourth-order valence-electron chi connectivity index (χ4n) is 2.22. The van der Waals surface area contributed by atoms with Crippen molar-refractivity contribution in [3.8, 4) is 0 Å². The first-order chi connectivity index (χ1) is 7.41. The monoisotopic (exact) mass is 226 g/mol. The van der Waals surface area contributed by atoms with E-state index >= 15 is 0 Å². The Hall–Kier alpha value is -1.06. The summed E-state index contributed by atoms with van der Waals surface area (Å²) in [5.74, 6) is 1.49. The predicted molar refractivity (Wildman–Crippen MR) is 62.8 cm³/mol. The van der Waals surface area contributed by atoms with E-state index in [9.17, 15) is 9.59 Å². The molecule has 1 N–H and O–H groups in total. The molecule has 1 saturated heterocycles. The van der Waals surface area contributed by atoms with E-state index in [1.807, 2.05) is 0 Å². The van der Waals surface area contributed by atoms with E-state index in [4.69, 9.17) is 0 Å². The highest BCUT2D eigenvalue weighted by molar-refractivity contribution is 5.92. The summed E-state index contributed by atoms with van der Waals surface area (Å²) >= 11 is 0. The molecule has 0 aromatic heterocycles. The van der Waals surface area contributed by atoms with Gasteiger partial charge in [0, 0.05) is 6.54 Å². The summed E-state index contributed by atoms with van der Waals surface area (Å²) in [6.07, 6.45) is 0. The Bertz CT molecular complexity index is 266. The highest BCUT2D eigenvalue weighted by Gasteiger charge is 2.27. The van der Waals surface area contributed by atoms with Gasteiger partial charge < -0.3 is 10.2 Å². The maximum Gasteiger partial charge on any atom is 0.242 e. The van der Waals surface area contributed by atoms with Crippen LogP contribution in [0.5, 0.6) is 0 Å². The van der Waals surface area contributed by atoms with Gasteiger partial charge >= 0.3 is 0 Å². The number of carbonyl (C=O) groups is 2. The Labute approximate surface area is 97.4 Å². The van der Waals surface area contributed by atoms with Crippen molar-refractivity contribution in [2.45, 2.75) is 27.7 Å². The summed E-state index contributed by atoms with van der Waals surface area (Å²) in [4.78, 5) is 24.6. The van der Waals surface area contributed by atoms with Crippen LogP contribution in [-0.2, 0) is 9.59 Å². The Kier molecular flexibility index (Phi) is 4.33. The lowest BCUT2D eigenvalue weighted by Gasteiger charge is -2.33. The van der Waals surface area contributed by atoms with Crippen molar-refractivity contribution in [2.24, 2.45) is 17.8 Å². The summed E-state index contributed by atoms with van der Waals surface area (Å²) in [7, 11) is 0. The number of hydrogen-bond acceptors (Lipinski definition) is 2. The quantitative estimate of drug-likeness (QED) is 0.773. The highest BCUT2D eigenvalue weighted by atomic mass is 16.2. The normalized spacial score (nSPS) is 17.6. The molecular formula is C12H22N2O2. The largest absolute Gasteiger partial charge is 0.345 e. The van der Waals surface area contributed by atoms with Crippen molar-refractivity contribution in [2.75, 3.05) is 19.6 Å². The zero-order valence-electron chi connectivity index (χ0n) is 10.6. The Morgan fingerprint density at radius 1 is 1.19 bits per heavy atom. The molecule has 4 heteroatoms. The van der Waals surface area contributed by atoms with E-state index in [1.54, 1.807) is 4.90 Å². The number of nitrogens with one attached hydrogen (secondary N) is 1. The van der Waals surface area contributed by atoms with Crippen LogP contribution in [0.2, 0.25) is 0 Å². The third-order valence-electron chi connectivity index (χ3n) is 3.27. The van der Waals surface area contributed by atoms with Gasteiger partial charge in [0.1, 0.15) is 0 Å². The number of carbonyl (C=O) groups excluding carboxylic acids is 2. The fraction of sp³-hybridized carbons (Fsp3) is 0.833. The maximum absolute atomic E-state index is 11.6. The molecule has 0 spiro atoms. The first kappa shape index (κ1) is 13.0. The number of amides is 2. The maximum atomic E-state index is 11.6. The molecule has 1 rings (SSSR count). The van der Waals surface area contributed by atoms with Gasteiger partial charge in [0.15, 0.2) is 0 Å². The molecular weight excluding hydrogens is 204 g/mol. The highest BCUT2D eigenvalue weighted by Crippen LogP contribution is 2.22. The lowest BCUT2D eigenvalue weighted by Crippen LogP contribution is -2.53. The molecule has 0 aromatic carbocycles. The molecule has 1 aliphatic rings. The second kappa shape index (κ2) is 5.32. The van der Waals surface area contributed by atoms with E-state index in [2.05, 4.69) is 33.0 Å². The molecule has 0 saturated carbocycles. The zero-order valence-corrected chi connectivity index (χ0v) is 10.6. The van der Waals surface area contributed by atoms with Gasteiger partial charge in [0.2, 0.25) is 11.8 Å². The topological polar surface area (TPSA) is 49.4 Å². The standard InChI is InChI=1S/C12H22N2O2/c1-8(2)10(9(3)4)6-14-7-11(15)13-5-12(14)16/h8-10H,5-7H2,1-4H3,(H,13,15). The lowest BCUT2D eigenvalue weighted by atomic mass is 9.85. The molecule has 4 nitrogen and oxygen atoms in total. The molecule has 0 atom stereocenters. The van der Waals surface area contributed by atoms with Gasteiger partial charge in [-0.15, -0.1) is 0 Å². The lowest BCUT2D eigenvalue weighted by molar-refractivity contribution is -0.141. The first-order valence-corrected chi connectivity index (χ1v) is 5.96. The van der Waals surface area contributed by atoms with Crippen LogP contribution in [0.4, 0.5) is 0 Å². The van der Waals surface area contributed by atoms with E-state index in [1.165, 1.54) is 0 Å². The third kappa shape index (κ3) is 3.22. The number of hydrogen-bond donors (Lipinski definition) is 1. The Morgan fingerprint density at radius 3 is 2.25 bits per heavy atom. The van der Waals surface area contributed by atoms with Crippen molar-refractivity contribution in [1.29, 1.82) is 0 Å². The second-order valence-corrected chi connectivity index (χ2v) is 5.20. The van der Waals surface area contributed by atoms with Crippen LogP contribution in [0.3, 0.4) is 0 Å². The van der Waals surface area contributed by atoms with Crippen molar-refractivity contribution in [1.82, 2.24) is 10.2 Å². The van der Waals surface area contributed by atoms with Gasteiger partial charge in [0.25, 0.3) is 0 Å². The minimum atomic E-state index is -0.0501. The number of piperazine rings is 1. The average Bonchev–Trinajstić information content (AvgIpc) is 2.18. The Morgan fingerprint density at radius 2 is 1.75 bits per heavy atom. The number of nitrogens with zero attached hydrogens (tertiary/aromatic N) is 1. The van der Waals surface area contributed by atoms with Gasteiger partial charge in [-0.05, 0) is 17.8 Å². The zero-order chi connectivity index (χ0) is 12.3. The first-order valence-electron chi connectivity index (χ1n) is 5.96. The molecule has 1 fully saturated rings. The molecule has 1 aliphatic heterocycles. The molecule has 0 aromatic rings. The van der Waals surface area contributed by atoms with Crippen LogP contribution < -0.4 is 5.32 Å².